The number of thioether (sulfide) groups is 1. The molecule has 0 radical (unpaired) electrons. The Morgan fingerprint density at radius 2 is 2.00 bits per heavy atom. The molecule has 10 heavy (non-hydrogen) atoms. The lowest BCUT2D eigenvalue weighted by Gasteiger charge is -2.11. The second kappa shape index (κ2) is 3.14. The molecule has 1 aliphatic carbocycles. The van der Waals surface area contributed by atoms with Crippen molar-refractivity contribution in [1.82, 2.24) is 0 Å². The molecule has 1 saturated carbocycles. The van der Waals surface area contributed by atoms with Crippen molar-refractivity contribution in [3.63, 3.8) is 0 Å². The Hall–Kier alpha value is 0.310. The zero-order valence-corrected chi connectivity index (χ0v) is 7.03. The summed E-state index contributed by atoms with van der Waals surface area (Å²) in [7, 11) is 0. The van der Waals surface area contributed by atoms with Gasteiger partial charge in [-0.15, -0.1) is 11.8 Å². The first-order chi connectivity index (χ1) is 4.97. The van der Waals surface area contributed by atoms with E-state index in [0.717, 1.165) is 11.2 Å². The van der Waals surface area contributed by atoms with Crippen LogP contribution in [0.5, 0.6) is 0 Å². The lowest BCUT2D eigenvalue weighted by atomic mass is 10.1. The van der Waals surface area contributed by atoms with E-state index in [-0.39, 0.29) is 0 Å². The van der Waals surface area contributed by atoms with Crippen LogP contribution in [0.4, 0.5) is 0 Å². The third kappa shape index (κ3) is 1.32. The Labute approximate surface area is 66.5 Å². The molecule has 2 atom stereocenters. The monoisotopic (exact) mass is 158 g/mol. The van der Waals surface area contributed by atoms with Crippen LogP contribution in [-0.2, 0) is 4.74 Å². The lowest BCUT2D eigenvalue weighted by Crippen LogP contribution is -2.17. The van der Waals surface area contributed by atoms with Crippen LogP contribution in [0.25, 0.3) is 0 Å². The molecule has 2 unspecified atom stereocenters. The Balaban J connectivity index is 1.95. The summed E-state index contributed by atoms with van der Waals surface area (Å²) in [5.74, 6) is 0.954. The largest absolute Gasteiger partial charge is 0.366 e. The minimum atomic E-state index is 0.618. The summed E-state index contributed by atoms with van der Waals surface area (Å²) >= 11 is 2.02. The molecule has 0 aromatic carbocycles. The van der Waals surface area contributed by atoms with Gasteiger partial charge < -0.3 is 4.74 Å². The molecule has 1 aliphatic heterocycles. The van der Waals surface area contributed by atoms with E-state index in [2.05, 4.69) is 0 Å². The molecule has 2 fully saturated rings. The van der Waals surface area contributed by atoms with Crippen LogP contribution in [-0.4, -0.2) is 17.3 Å². The maximum atomic E-state index is 5.60. The fraction of sp³-hybridized carbons (Fsp3) is 1.00. The van der Waals surface area contributed by atoms with Gasteiger partial charge in [0.1, 0.15) is 0 Å². The van der Waals surface area contributed by atoms with Crippen LogP contribution in [0.15, 0.2) is 0 Å². The molecule has 0 amide bonds. The van der Waals surface area contributed by atoms with Crippen molar-refractivity contribution in [3.05, 3.63) is 0 Å². The number of rotatable bonds is 0. The van der Waals surface area contributed by atoms with Gasteiger partial charge in [-0.2, -0.15) is 0 Å². The standard InChI is InChI=1S/C8H14OS/c1-2-4-7-8(5-3-1)10-6-9-7/h7-8H,1-6H2. The molecular formula is C8H14OS. The second-order valence-corrected chi connectivity index (χ2v) is 4.34. The summed E-state index contributed by atoms with van der Waals surface area (Å²) in [5, 5.41) is 0.850. The molecule has 0 spiro atoms. The smallest absolute Gasteiger partial charge is 0.0928 e. The number of hydrogen-bond donors (Lipinski definition) is 0. The van der Waals surface area contributed by atoms with Crippen molar-refractivity contribution in [2.45, 2.75) is 43.5 Å². The van der Waals surface area contributed by atoms with E-state index in [1.165, 1.54) is 32.1 Å². The fourth-order valence-electron chi connectivity index (χ4n) is 1.83. The van der Waals surface area contributed by atoms with Gasteiger partial charge in [-0.05, 0) is 12.8 Å². The zero-order chi connectivity index (χ0) is 6.81. The highest BCUT2D eigenvalue weighted by atomic mass is 32.2. The molecule has 58 valence electrons. The van der Waals surface area contributed by atoms with E-state index in [1.54, 1.807) is 0 Å². The van der Waals surface area contributed by atoms with Gasteiger partial charge in [0.05, 0.1) is 12.0 Å². The molecular weight excluding hydrogens is 144 g/mol. The summed E-state index contributed by atoms with van der Waals surface area (Å²) in [6.45, 7) is 0. The van der Waals surface area contributed by atoms with Gasteiger partial charge in [0.2, 0.25) is 0 Å². The number of fused-ring (bicyclic) bond motifs is 1. The average molecular weight is 158 g/mol. The Kier molecular flexibility index (Phi) is 2.19. The highest BCUT2D eigenvalue weighted by Gasteiger charge is 2.29. The molecule has 2 heteroatoms. The molecule has 0 bridgehead atoms. The van der Waals surface area contributed by atoms with Crippen LogP contribution in [0, 0.1) is 0 Å². The summed E-state index contributed by atoms with van der Waals surface area (Å²) in [5.41, 5.74) is 0. The minimum absolute atomic E-state index is 0.618. The molecule has 0 aromatic rings. The van der Waals surface area contributed by atoms with Crippen LogP contribution in [0.2, 0.25) is 0 Å². The normalized spacial score (nSPS) is 40.8. The zero-order valence-electron chi connectivity index (χ0n) is 6.21. The summed E-state index contributed by atoms with van der Waals surface area (Å²) < 4.78 is 5.60. The predicted molar refractivity (Wildman–Crippen MR) is 44.2 cm³/mol. The quantitative estimate of drug-likeness (QED) is 0.535. The molecule has 2 aliphatic rings. The Bertz CT molecular complexity index is 104. The highest BCUT2D eigenvalue weighted by Crippen LogP contribution is 2.35. The molecule has 1 saturated heterocycles. The average Bonchev–Trinajstić information content (AvgIpc) is 2.28. The van der Waals surface area contributed by atoms with Crippen molar-refractivity contribution >= 4 is 11.8 Å². The van der Waals surface area contributed by atoms with Crippen LogP contribution >= 0.6 is 11.8 Å². The van der Waals surface area contributed by atoms with Crippen molar-refractivity contribution in [1.29, 1.82) is 0 Å². The third-order valence-corrected chi connectivity index (χ3v) is 3.70. The summed E-state index contributed by atoms with van der Waals surface area (Å²) in [6, 6.07) is 0. The SMILES string of the molecule is C1CCC2OCSC2CC1. The Morgan fingerprint density at radius 3 is 3.00 bits per heavy atom. The van der Waals surface area contributed by atoms with Crippen molar-refractivity contribution in [2.24, 2.45) is 0 Å². The molecule has 0 N–H and O–H groups in total. The molecule has 2 rings (SSSR count). The number of ether oxygens (including phenoxy) is 1. The van der Waals surface area contributed by atoms with Gasteiger partial charge in [0, 0.05) is 5.25 Å². The van der Waals surface area contributed by atoms with Gasteiger partial charge in [0.25, 0.3) is 0 Å². The lowest BCUT2D eigenvalue weighted by molar-refractivity contribution is 0.101. The van der Waals surface area contributed by atoms with Gasteiger partial charge in [-0.25, -0.2) is 0 Å². The van der Waals surface area contributed by atoms with Crippen molar-refractivity contribution in [3.8, 4) is 0 Å². The van der Waals surface area contributed by atoms with Crippen LogP contribution < -0.4 is 0 Å². The topological polar surface area (TPSA) is 9.23 Å². The third-order valence-electron chi connectivity index (χ3n) is 2.46. The highest BCUT2D eigenvalue weighted by molar-refractivity contribution is 8.00. The summed E-state index contributed by atoms with van der Waals surface area (Å²) in [6.07, 6.45) is 7.58. The van der Waals surface area contributed by atoms with E-state index in [1.807, 2.05) is 11.8 Å². The second-order valence-electron chi connectivity index (χ2n) is 3.17. The number of hydrogen-bond acceptors (Lipinski definition) is 2. The Morgan fingerprint density at radius 1 is 1.10 bits per heavy atom. The van der Waals surface area contributed by atoms with Gasteiger partial charge in [-0.1, -0.05) is 19.3 Å². The van der Waals surface area contributed by atoms with E-state index < -0.39 is 0 Å². The first kappa shape index (κ1) is 6.99. The summed E-state index contributed by atoms with van der Waals surface area (Å²) in [4.78, 5) is 0. The van der Waals surface area contributed by atoms with Crippen molar-refractivity contribution < 1.29 is 4.74 Å². The van der Waals surface area contributed by atoms with Gasteiger partial charge >= 0.3 is 0 Å². The predicted octanol–water partition coefficient (Wildman–Crippen LogP) is 2.41. The van der Waals surface area contributed by atoms with Gasteiger partial charge in [0.15, 0.2) is 0 Å². The fourth-order valence-corrected chi connectivity index (χ4v) is 3.03. The maximum Gasteiger partial charge on any atom is 0.0928 e. The molecule has 1 nitrogen and oxygen atoms in total. The van der Waals surface area contributed by atoms with E-state index >= 15 is 0 Å². The van der Waals surface area contributed by atoms with Crippen LogP contribution in [0.1, 0.15) is 32.1 Å². The van der Waals surface area contributed by atoms with Gasteiger partial charge in [-0.3, -0.25) is 0 Å². The van der Waals surface area contributed by atoms with E-state index in [9.17, 15) is 0 Å². The van der Waals surface area contributed by atoms with Crippen LogP contribution in [0.3, 0.4) is 0 Å². The van der Waals surface area contributed by atoms with E-state index in [4.69, 9.17) is 4.74 Å². The van der Waals surface area contributed by atoms with E-state index in [0.29, 0.717) is 6.10 Å². The molecule has 1 heterocycles. The minimum Gasteiger partial charge on any atom is -0.366 e. The first-order valence-electron chi connectivity index (χ1n) is 4.20. The first-order valence-corrected chi connectivity index (χ1v) is 5.25. The molecule has 0 aromatic heterocycles. The maximum absolute atomic E-state index is 5.60. The van der Waals surface area contributed by atoms with Crippen molar-refractivity contribution in [2.75, 3.05) is 5.94 Å².